The Morgan fingerprint density at radius 1 is 1.00 bits per heavy atom. The Labute approximate surface area is 268 Å². The Kier molecular flexibility index (Phi) is 11.5. The Morgan fingerprint density at radius 3 is 2.17 bits per heavy atom. The van der Waals surface area contributed by atoms with E-state index in [2.05, 4.69) is 15.5 Å². The summed E-state index contributed by atoms with van der Waals surface area (Å²) in [4.78, 5) is 41.4. The number of hydrogen-bond acceptors (Lipinski definition) is 6. The number of benzene rings is 2. The van der Waals surface area contributed by atoms with Crippen LogP contribution >= 0.6 is 0 Å². The van der Waals surface area contributed by atoms with Crippen LogP contribution in [0.2, 0.25) is 0 Å². The van der Waals surface area contributed by atoms with Crippen LogP contribution in [0.15, 0.2) is 53.4 Å². The lowest BCUT2D eigenvalue weighted by atomic mass is 9.81. The molecule has 0 aliphatic heterocycles. The van der Waals surface area contributed by atoms with Crippen LogP contribution in [0.5, 0.6) is 0 Å². The van der Waals surface area contributed by atoms with Gasteiger partial charge in [-0.15, -0.1) is 0 Å². The molecular formula is C32H43F3N4O6S. The molecular weight excluding hydrogens is 625 g/mol. The summed E-state index contributed by atoms with van der Waals surface area (Å²) in [6.07, 6.45) is -5.37. The number of carboxylic acid groups (broad SMARTS) is 1. The highest BCUT2D eigenvalue weighted by Crippen LogP contribution is 2.38. The molecule has 46 heavy (non-hydrogen) atoms. The molecule has 3 rings (SSSR count). The zero-order chi connectivity index (χ0) is 34.6. The fraction of sp³-hybridized carbons (Fsp3) is 0.531. The zero-order valence-corrected chi connectivity index (χ0v) is 27.7. The molecule has 10 nitrogen and oxygen atoms in total. The lowest BCUT2D eigenvalue weighted by molar-refractivity contribution is -0.137. The first-order valence-electron chi connectivity index (χ1n) is 15.0. The molecule has 254 valence electrons. The van der Waals surface area contributed by atoms with Crippen molar-refractivity contribution in [3.8, 4) is 0 Å². The molecule has 1 aliphatic rings. The highest BCUT2D eigenvalue weighted by Gasteiger charge is 2.38. The minimum atomic E-state index is -4.78. The van der Waals surface area contributed by atoms with Crippen molar-refractivity contribution in [3.05, 3.63) is 54.1 Å². The van der Waals surface area contributed by atoms with E-state index in [-0.39, 0.29) is 28.4 Å². The Balaban J connectivity index is 1.82. The number of carbonyl (C=O) groups is 3. The first-order chi connectivity index (χ1) is 21.2. The second kappa shape index (κ2) is 14.4. The Bertz CT molecular complexity index is 1510. The maximum absolute atomic E-state index is 13.5. The van der Waals surface area contributed by atoms with Crippen LogP contribution in [0.25, 0.3) is 0 Å². The first-order valence-corrected chi connectivity index (χ1v) is 16.7. The third-order valence-electron chi connectivity index (χ3n) is 8.25. The SMILES string of the molecule is CC(C)N(C)[C@@H]1CC[C@H](NC(=O)CC(=O)Nc2cc(C(F)(F)F)ccc2N(C(=O)O)C(C)(C)C)[C@H](CS(=O)(=O)c2ccccc2)C1. The third-order valence-corrected chi connectivity index (χ3v) is 10.1. The summed E-state index contributed by atoms with van der Waals surface area (Å²) < 4.78 is 67.2. The smallest absolute Gasteiger partial charge is 0.416 e. The van der Waals surface area contributed by atoms with Crippen LogP contribution in [0.3, 0.4) is 0 Å². The molecule has 0 unspecified atom stereocenters. The topological polar surface area (TPSA) is 136 Å². The maximum Gasteiger partial charge on any atom is 0.416 e. The number of sulfone groups is 1. The van der Waals surface area contributed by atoms with Gasteiger partial charge in [0.1, 0.15) is 6.42 Å². The Morgan fingerprint density at radius 2 is 1.63 bits per heavy atom. The number of alkyl halides is 3. The van der Waals surface area contributed by atoms with Crippen molar-refractivity contribution in [1.29, 1.82) is 0 Å². The van der Waals surface area contributed by atoms with Gasteiger partial charge in [-0.3, -0.25) is 14.5 Å². The van der Waals surface area contributed by atoms with Gasteiger partial charge in [-0.2, -0.15) is 13.2 Å². The summed E-state index contributed by atoms with van der Waals surface area (Å²) in [7, 11) is -1.74. The molecule has 0 aromatic heterocycles. The minimum Gasteiger partial charge on any atom is -0.465 e. The molecule has 1 saturated carbocycles. The average Bonchev–Trinajstić information content (AvgIpc) is 2.93. The summed E-state index contributed by atoms with van der Waals surface area (Å²) in [5, 5.41) is 14.9. The van der Waals surface area contributed by atoms with Gasteiger partial charge < -0.3 is 20.6 Å². The fourth-order valence-electron chi connectivity index (χ4n) is 5.77. The van der Waals surface area contributed by atoms with Crippen molar-refractivity contribution in [2.24, 2.45) is 5.92 Å². The summed E-state index contributed by atoms with van der Waals surface area (Å²) in [6.45, 7) is 8.70. The number of amides is 3. The molecule has 1 aliphatic carbocycles. The van der Waals surface area contributed by atoms with Crippen molar-refractivity contribution in [2.75, 3.05) is 23.0 Å². The molecule has 14 heteroatoms. The lowest BCUT2D eigenvalue weighted by Crippen LogP contribution is -2.51. The van der Waals surface area contributed by atoms with Crippen LogP contribution in [0, 0.1) is 5.92 Å². The van der Waals surface area contributed by atoms with E-state index < -0.39 is 69.1 Å². The van der Waals surface area contributed by atoms with E-state index in [1.165, 1.54) is 12.1 Å². The van der Waals surface area contributed by atoms with Gasteiger partial charge in [0.05, 0.1) is 27.6 Å². The number of anilines is 2. The van der Waals surface area contributed by atoms with Crippen LogP contribution in [0.4, 0.5) is 29.3 Å². The second-order valence-corrected chi connectivity index (χ2v) is 15.0. The van der Waals surface area contributed by atoms with E-state index in [1.807, 2.05) is 20.9 Å². The largest absolute Gasteiger partial charge is 0.465 e. The van der Waals surface area contributed by atoms with E-state index in [1.54, 1.807) is 39.0 Å². The number of nitrogens with zero attached hydrogens (tertiary/aromatic N) is 2. The summed E-state index contributed by atoms with van der Waals surface area (Å²) in [5.74, 6) is -2.39. The molecule has 0 spiro atoms. The highest BCUT2D eigenvalue weighted by molar-refractivity contribution is 7.91. The van der Waals surface area contributed by atoms with Crippen molar-refractivity contribution >= 4 is 39.1 Å². The van der Waals surface area contributed by atoms with E-state index in [0.29, 0.717) is 25.3 Å². The minimum absolute atomic E-state index is 0.0757. The van der Waals surface area contributed by atoms with Gasteiger partial charge in [0.15, 0.2) is 9.84 Å². The molecule has 0 heterocycles. The average molecular weight is 669 g/mol. The van der Waals surface area contributed by atoms with Crippen LogP contribution in [-0.4, -0.2) is 72.8 Å². The normalized spacial score (nSPS) is 19.2. The lowest BCUT2D eigenvalue weighted by Gasteiger charge is -2.41. The standard InChI is InChI=1S/C32H43F3N4O6S/c1-20(2)38(6)23-13-14-25(21(16-23)19-46(44,45)24-10-8-7-9-11-24)36-28(40)18-29(41)37-26-17-22(32(33,34)35)12-15-27(26)39(30(42)43)31(3,4)5/h7-12,15,17,20-21,23,25H,13-14,16,18-19H2,1-6H3,(H,36,40)(H,37,41)(H,42,43)/t21-,23+,25-/m0/s1. The molecule has 0 radical (unpaired) electrons. The van der Waals surface area contributed by atoms with Crippen molar-refractivity contribution < 1.29 is 41.1 Å². The first kappa shape index (κ1) is 36.8. The van der Waals surface area contributed by atoms with Gasteiger partial charge in [0.2, 0.25) is 11.8 Å². The second-order valence-electron chi connectivity index (χ2n) is 13.0. The van der Waals surface area contributed by atoms with Gasteiger partial charge in [-0.1, -0.05) is 18.2 Å². The van der Waals surface area contributed by atoms with Gasteiger partial charge in [-0.25, -0.2) is 13.2 Å². The summed E-state index contributed by atoms with van der Waals surface area (Å²) in [5.41, 5.74) is -2.81. The molecule has 3 atom stereocenters. The van der Waals surface area contributed by atoms with E-state index in [4.69, 9.17) is 0 Å². The van der Waals surface area contributed by atoms with E-state index >= 15 is 0 Å². The van der Waals surface area contributed by atoms with E-state index in [9.17, 15) is 41.1 Å². The van der Waals surface area contributed by atoms with Crippen molar-refractivity contribution in [1.82, 2.24) is 10.2 Å². The van der Waals surface area contributed by atoms with Crippen LogP contribution < -0.4 is 15.5 Å². The van der Waals surface area contributed by atoms with Gasteiger partial charge in [-0.05, 0) is 97.2 Å². The van der Waals surface area contributed by atoms with Crippen molar-refractivity contribution in [2.45, 2.75) is 95.0 Å². The number of nitrogens with one attached hydrogen (secondary N) is 2. The number of rotatable bonds is 10. The summed E-state index contributed by atoms with van der Waals surface area (Å²) >= 11 is 0. The third kappa shape index (κ3) is 9.44. The summed E-state index contributed by atoms with van der Waals surface area (Å²) in [6, 6.07) is 10.0. The number of halogens is 3. The van der Waals surface area contributed by atoms with Crippen LogP contribution in [0.1, 0.15) is 65.9 Å². The Hall–Kier alpha value is -3.65. The number of hydrogen-bond donors (Lipinski definition) is 3. The fourth-order valence-corrected chi connectivity index (χ4v) is 7.46. The van der Waals surface area contributed by atoms with Gasteiger partial charge >= 0.3 is 12.3 Å². The quantitative estimate of drug-likeness (QED) is 0.273. The highest BCUT2D eigenvalue weighted by atomic mass is 32.2. The molecule has 3 N–H and O–H groups in total. The zero-order valence-electron chi connectivity index (χ0n) is 26.9. The molecule has 1 fully saturated rings. The van der Waals surface area contributed by atoms with Crippen LogP contribution in [-0.2, 0) is 25.6 Å². The molecule has 2 aromatic carbocycles. The van der Waals surface area contributed by atoms with Gasteiger partial charge in [0, 0.05) is 23.7 Å². The molecule has 3 amide bonds. The predicted molar refractivity (Wildman–Crippen MR) is 169 cm³/mol. The molecule has 2 aromatic rings. The van der Waals surface area contributed by atoms with Gasteiger partial charge in [0.25, 0.3) is 0 Å². The monoisotopic (exact) mass is 668 g/mol. The van der Waals surface area contributed by atoms with Crippen molar-refractivity contribution in [3.63, 3.8) is 0 Å². The predicted octanol–water partition coefficient (Wildman–Crippen LogP) is 5.78. The number of carbonyl (C=O) groups excluding carboxylic acids is 2. The van der Waals surface area contributed by atoms with E-state index in [0.717, 1.165) is 17.0 Å². The maximum atomic E-state index is 13.5. The molecule has 0 bridgehead atoms. The molecule has 0 saturated heterocycles.